The van der Waals surface area contributed by atoms with Crippen molar-refractivity contribution in [3.05, 3.63) is 28.8 Å². The van der Waals surface area contributed by atoms with Crippen LogP contribution in [0.25, 0.3) is 0 Å². The lowest BCUT2D eigenvalue weighted by Crippen LogP contribution is -2.39. The van der Waals surface area contributed by atoms with Gasteiger partial charge in [0.05, 0.1) is 13.0 Å². The van der Waals surface area contributed by atoms with E-state index < -0.39 is 11.8 Å². The van der Waals surface area contributed by atoms with E-state index in [1.54, 1.807) is 18.2 Å². The number of amides is 3. The highest BCUT2D eigenvalue weighted by Crippen LogP contribution is 2.19. The van der Waals surface area contributed by atoms with Gasteiger partial charge in [-0.15, -0.1) is 0 Å². The zero-order valence-corrected chi connectivity index (χ0v) is 14.1. The molecular formula is C15H19ClN4O4. The Kier molecular flexibility index (Phi) is 7.87. The summed E-state index contributed by atoms with van der Waals surface area (Å²) in [6.45, 7) is 3.08. The van der Waals surface area contributed by atoms with Gasteiger partial charge in [0, 0.05) is 23.0 Å². The minimum atomic E-state index is -0.978. The van der Waals surface area contributed by atoms with E-state index in [-0.39, 0.29) is 25.5 Å². The largest absolute Gasteiger partial charge is 0.395 e. The van der Waals surface area contributed by atoms with E-state index in [1.165, 1.54) is 6.92 Å². The maximum absolute atomic E-state index is 11.9. The van der Waals surface area contributed by atoms with Crippen LogP contribution in [0.4, 0.5) is 5.69 Å². The summed E-state index contributed by atoms with van der Waals surface area (Å²) >= 11 is 5.98. The molecule has 0 fully saturated rings. The minimum absolute atomic E-state index is 0.0313. The minimum Gasteiger partial charge on any atom is -0.395 e. The number of benzene rings is 1. The number of hydrogen-bond acceptors (Lipinski definition) is 5. The molecule has 8 nitrogen and oxygen atoms in total. The van der Waals surface area contributed by atoms with Gasteiger partial charge >= 0.3 is 11.8 Å². The molecule has 0 radical (unpaired) electrons. The molecule has 0 saturated carbocycles. The second-order valence-electron chi connectivity index (χ2n) is 4.96. The number of aliphatic hydroxyl groups excluding tert-OH is 1. The van der Waals surface area contributed by atoms with Crippen molar-refractivity contribution in [1.29, 1.82) is 0 Å². The Hall–Kier alpha value is -2.45. The number of nitrogens with one attached hydrogen (secondary N) is 3. The molecule has 0 unspecified atom stereocenters. The van der Waals surface area contributed by atoms with Crippen LogP contribution < -0.4 is 16.1 Å². The van der Waals surface area contributed by atoms with Gasteiger partial charge in [-0.05, 0) is 31.5 Å². The van der Waals surface area contributed by atoms with Crippen molar-refractivity contribution >= 4 is 40.7 Å². The quantitative estimate of drug-likeness (QED) is 0.339. The van der Waals surface area contributed by atoms with Gasteiger partial charge < -0.3 is 15.7 Å². The van der Waals surface area contributed by atoms with Crippen molar-refractivity contribution in [2.45, 2.75) is 20.3 Å². The molecule has 1 rings (SSSR count). The predicted octanol–water partition coefficient (Wildman–Crippen LogP) is 0.578. The molecule has 9 heteroatoms. The molecule has 0 aliphatic heterocycles. The van der Waals surface area contributed by atoms with Crippen LogP contribution in [0.2, 0.25) is 5.02 Å². The van der Waals surface area contributed by atoms with Gasteiger partial charge in [0.15, 0.2) is 0 Å². The zero-order valence-electron chi connectivity index (χ0n) is 13.4. The molecule has 3 amide bonds. The molecular weight excluding hydrogens is 336 g/mol. The van der Waals surface area contributed by atoms with Crippen molar-refractivity contribution in [1.82, 2.24) is 10.7 Å². The van der Waals surface area contributed by atoms with E-state index in [1.807, 2.05) is 12.3 Å². The Bertz CT molecular complexity index is 661. The fraction of sp³-hybridized carbons (Fsp3) is 0.333. The number of halogens is 1. The van der Waals surface area contributed by atoms with Gasteiger partial charge in [0.2, 0.25) is 5.91 Å². The third-order valence-corrected chi connectivity index (χ3v) is 3.23. The van der Waals surface area contributed by atoms with Gasteiger partial charge in [-0.25, -0.2) is 5.43 Å². The number of carbonyl (C=O) groups excluding carboxylic acids is 3. The number of anilines is 1. The summed E-state index contributed by atoms with van der Waals surface area (Å²) < 4.78 is 0. The van der Waals surface area contributed by atoms with Crippen LogP contribution in [0.3, 0.4) is 0 Å². The Balaban J connectivity index is 2.49. The van der Waals surface area contributed by atoms with Crippen LogP contribution in [0.15, 0.2) is 23.3 Å². The van der Waals surface area contributed by atoms with Crippen LogP contribution >= 0.6 is 11.6 Å². The van der Waals surface area contributed by atoms with E-state index in [0.717, 1.165) is 5.56 Å². The summed E-state index contributed by atoms with van der Waals surface area (Å²) in [6, 6.07) is 5.14. The fourth-order valence-corrected chi connectivity index (χ4v) is 1.77. The first-order chi connectivity index (χ1) is 11.3. The van der Waals surface area contributed by atoms with Gasteiger partial charge in [0.25, 0.3) is 0 Å². The van der Waals surface area contributed by atoms with Crippen molar-refractivity contribution in [3.8, 4) is 0 Å². The smallest absolute Gasteiger partial charge is 0.329 e. The highest BCUT2D eigenvalue weighted by molar-refractivity contribution is 6.35. The second kappa shape index (κ2) is 9.64. The Morgan fingerprint density at radius 3 is 2.58 bits per heavy atom. The molecule has 0 bridgehead atoms. The Morgan fingerprint density at radius 1 is 1.25 bits per heavy atom. The van der Waals surface area contributed by atoms with Gasteiger partial charge in [-0.3, -0.25) is 14.4 Å². The number of hydrazone groups is 1. The first-order valence-electron chi connectivity index (χ1n) is 7.11. The molecule has 1 aromatic carbocycles. The zero-order chi connectivity index (χ0) is 18.1. The van der Waals surface area contributed by atoms with Crippen LogP contribution in [-0.4, -0.2) is 41.7 Å². The number of carbonyl (C=O) groups is 3. The first kappa shape index (κ1) is 19.6. The van der Waals surface area contributed by atoms with Crippen molar-refractivity contribution in [3.63, 3.8) is 0 Å². The van der Waals surface area contributed by atoms with Crippen LogP contribution in [0.5, 0.6) is 0 Å². The molecule has 0 saturated heterocycles. The molecule has 0 heterocycles. The molecule has 130 valence electrons. The van der Waals surface area contributed by atoms with Crippen molar-refractivity contribution in [2.24, 2.45) is 5.10 Å². The third-order valence-electron chi connectivity index (χ3n) is 2.82. The fourth-order valence-electron chi connectivity index (χ4n) is 1.59. The lowest BCUT2D eigenvalue weighted by atomic mass is 10.2. The van der Waals surface area contributed by atoms with Crippen molar-refractivity contribution in [2.75, 3.05) is 18.5 Å². The topological polar surface area (TPSA) is 120 Å². The monoisotopic (exact) mass is 354 g/mol. The molecule has 0 spiro atoms. The van der Waals surface area contributed by atoms with E-state index in [2.05, 4.69) is 15.7 Å². The predicted molar refractivity (Wildman–Crippen MR) is 90.8 cm³/mol. The van der Waals surface area contributed by atoms with E-state index in [9.17, 15) is 14.4 Å². The molecule has 0 aliphatic carbocycles. The standard InChI is InChI=1S/C15H19ClN4O4/c1-9-3-4-11(8-12(9)16)18-13(22)7-10(2)19-20-15(24)14(23)17-5-6-21/h3-4,8,21H,5-7H2,1-2H3,(H,17,23)(H,18,22)(H,20,24)/b19-10+. The highest BCUT2D eigenvalue weighted by Gasteiger charge is 2.12. The summed E-state index contributed by atoms with van der Waals surface area (Å²) in [7, 11) is 0. The van der Waals surface area contributed by atoms with Gasteiger partial charge in [-0.1, -0.05) is 17.7 Å². The van der Waals surface area contributed by atoms with Crippen LogP contribution in [0.1, 0.15) is 18.9 Å². The molecule has 1 aromatic rings. The molecule has 24 heavy (non-hydrogen) atoms. The second-order valence-corrected chi connectivity index (χ2v) is 5.36. The van der Waals surface area contributed by atoms with E-state index in [0.29, 0.717) is 16.4 Å². The number of nitrogens with zero attached hydrogens (tertiary/aromatic N) is 1. The Labute approximate surface area is 144 Å². The summed E-state index contributed by atoms with van der Waals surface area (Å²) in [5, 5.41) is 17.6. The third kappa shape index (κ3) is 6.76. The molecule has 0 aliphatic rings. The van der Waals surface area contributed by atoms with E-state index >= 15 is 0 Å². The SMILES string of the molecule is C/C(CC(=O)Nc1ccc(C)c(Cl)c1)=N\NC(=O)C(=O)NCCO. The average molecular weight is 355 g/mol. The lowest BCUT2D eigenvalue weighted by Gasteiger charge is -2.07. The maximum atomic E-state index is 11.9. The summed E-state index contributed by atoms with van der Waals surface area (Å²) in [5.74, 6) is -2.23. The van der Waals surface area contributed by atoms with E-state index in [4.69, 9.17) is 16.7 Å². The number of hydrogen-bond donors (Lipinski definition) is 4. The molecule has 0 atom stereocenters. The lowest BCUT2D eigenvalue weighted by molar-refractivity contribution is -0.139. The first-order valence-corrected chi connectivity index (χ1v) is 7.49. The average Bonchev–Trinajstić information content (AvgIpc) is 2.53. The molecule has 4 N–H and O–H groups in total. The summed E-state index contributed by atoms with van der Waals surface area (Å²) in [5.41, 5.74) is 3.79. The summed E-state index contributed by atoms with van der Waals surface area (Å²) in [6.07, 6.45) is -0.0654. The maximum Gasteiger partial charge on any atom is 0.329 e. The van der Waals surface area contributed by atoms with Crippen LogP contribution in [-0.2, 0) is 14.4 Å². The van der Waals surface area contributed by atoms with Gasteiger partial charge in [0.1, 0.15) is 0 Å². The van der Waals surface area contributed by atoms with Gasteiger partial charge in [-0.2, -0.15) is 5.10 Å². The summed E-state index contributed by atoms with van der Waals surface area (Å²) in [4.78, 5) is 34.5. The van der Waals surface area contributed by atoms with Crippen LogP contribution in [0, 0.1) is 6.92 Å². The number of aryl methyl sites for hydroxylation is 1. The van der Waals surface area contributed by atoms with Crippen molar-refractivity contribution < 1.29 is 19.5 Å². The number of rotatable bonds is 6. The molecule has 0 aromatic heterocycles. The normalized spacial score (nSPS) is 10.9. The Morgan fingerprint density at radius 2 is 1.96 bits per heavy atom. The highest BCUT2D eigenvalue weighted by atomic mass is 35.5. The number of aliphatic hydroxyl groups is 1.